The van der Waals surface area contributed by atoms with Crippen molar-refractivity contribution in [2.75, 3.05) is 27.2 Å². The summed E-state index contributed by atoms with van der Waals surface area (Å²) in [5.41, 5.74) is 1.46. The van der Waals surface area contributed by atoms with Gasteiger partial charge in [0.05, 0.1) is 6.54 Å². The van der Waals surface area contributed by atoms with E-state index in [-0.39, 0.29) is 19.1 Å². The van der Waals surface area contributed by atoms with Gasteiger partial charge in [-0.15, -0.1) is 0 Å². The van der Waals surface area contributed by atoms with E-state index in [9.17, 15) is 14.4 Å². The highest BCUT2D eigenvalue weighted by molar-refractivity contribution is 6.07. The lowest BCUT2D eigenvalue weighted by Gasteiger charge is -2.32. The molecule has 1 aliphatic heterocycles. The van der Waals surface area contributed by atoms with Crippen molar-refractivity contribution in [3.05, 3.63) is 35.4 Å². The first-order valence-electron chi connectivity index (χ1n) is 7.98. The summed E-state index contributed by atoms with van der Waals surface area (Å²) in [6.45, 7) is 0.0521. The smallest absolute Gasteiger partial charge is 0.409 e. The Labute approximate surface area is 140 Å². The minimum absolute atomic E-state index is 0.0111. The van der Waals surface area contributed by atoms with E-state index in [1.165, 1.54) is 10.5 Å². The highest BCUT2D eigenvalue weighted by Crippen LogP contribution is 2.33. The average Bonchev–Trinajstić information content (AvgIpc) is 2.78. The Balaban J connectivity index is 1.67. The van der Waals surface area contributed by atoms with Gasteiger partial charge in [-0.25, -0.2) is 9.59 Å². The van der Waals surface area contributed by atoms with Crippen molar-refractivity contribution in [3.63, 3.8) is 0 Å². The average molecular weight is 331 g/mol. The van der Waals surface area contributed by atoms with Crippen molar-refractivity contribution in [1.82, 2.24) is 15.1 Å². The first-order chi connectivity index (χ1) is 11.4. The number of hydrogen-bond acceptors (Lipinski definition) is 4. The van der Waals surface area contributed by atoms with E-state index < -0.39 is 17.7 Å². The summed E-state index contributed by atoms with van der Waals surface area (Å²) >= 11 is 0. The molecule has 3 rings (SSSR count). The SMILES string of the molecule is CN(C)C(=O)OCCN1C(=O)N[C@@]2(CCc3ccccc3C2)C1=O. The van der Waals surface area contributed by atoms with E-state index in [1.807, 2.05) is 18.2 Å². The lowest BCUT2D eigenvalue weighted by atomic mass is 9.78. The summed E-state index contributed by atoms with van der Waals surface area (Å²) < 4.78 is 5.01. The second-order valence-electron chi connectivity index (χ2n) is 6.42. The molecule has 1 N–H and O–H groups in total. The Bertz CT molecular complexity index is 688. The quantitative estimate of drug-likeness (QED) is 0.843. The van der Waals surface area contributed by atoms with Gasteiger partial charge in [-0.1, -0.05) is 24.3 Å². The highest BCUT2D eigenvalue weighted by atomic mass is 16.6. The van der Waals surface area contributed by atoms with E-state index in [2.05, 4.69) is 11.4 Å². The number of carbonyl (C=O) groups is 3. The lowest BCUT2D eigenvalue weighted by Crippen LogP contribution is -2.51. The van der Waals surface area contributed by atoms with Crippen molar-refractivity contribution in [3.8, 4) is 0 Å². The fourth-order valence-electron chi connectivity index (χ4n) is 3.26. The molecule has 1 atom stereocenters. The third-order valence-electron chi connectivity index (χ3n) is 4.58. The molecule has 1 spiro atoms. The van der Waals surface area contributed by atoms with Crippen LogP contribution >= 0.6 is 0 Å². The number of amides is 4. The second-order valence-corrected chi connectivity index (χ2v) is 6.42. The maximum Gasteiger partial charge on any atom is 0.409 e. The van der Waals surface area contributed by atoms with E-state index in [0.717, 1.165) is 16.9 Å². The normalized spacial score (nSPS) is 22.3. The summed E-state index contributed by atoms with van der Waals surface area (Å²) in [5.74, 6) is -0.233. The maximum absolute atomic E-state index is 12.8. The Kier molecular flexibility index (Phi) is 4.17. The summed E-state index contributed by atoms with van der Waals surface area (Å²) in [5, 5.41) is 2.86. The zero-order chi connectivity index (χ0) is 17.3. The first kappa shape index (κ1) is 16.3. The van der Waals surface area contributed by atoms with Crippen molar-refractivity contribution in [2.24, 2.45) is 0 Å². The molecule has 7 heteroatoms. The van der Waals surface area contributed by atoms with Gasteiger partial charge in [0.15, 0.2) is 0 Å². The van der Waals surface area contributed by atoms with Crippen LogP contribution in [0.3, 0.4) is 0 Å². The fraction of sp³-hybridized carbons (Fsp3) is 0.471. The van der Waals surface area contributed by atoms with Gasteiger partial charge >= 0.3 is 12.1 Å². The minimum Gasteiger partial charge on any atom is -0.448 e. The number of hydrogen-bond donors (Lipinski definition) is 1. The van der Waals surface area contributed by atoms with Gasteiger partial charge in [0.1, 0.15) is 12.1 Å². The molecule has 0 unspecified atom stereocenters. The van der Waals surface area contributed by atoms with E-state index in [4.69, 9.17) is 4.74 Å². The highest BCUT2D eigenvalue weighted by Gasteiger charge is 2.52. The van der Waals surface area contributed by atoms with Crippen molar-refractivity contribution in [2.45, 2.75) is 24.8 Å². The predicted molar refractivity (Wildman–Crippen MR) is 86.5 cm³/mol. The topological polar surface area (TPSA) is 79.0 Å². The molecular weight excluding hydrogens is 310 g/mol. The third kappa shape index (κ3) is 2.81. The van der Waals surface area contributed by atoms with Crippen LogP contribution in [0.15, 0.2) is 24.3 Å². The molecule has 4 amide bonds. The zero-order valence-electron chi connectivity index (χ0n) is 13.9. The van der Waals surface area contributed by atoms with Crippen LogP contribution in [0.5, 0.6) is 0 Å². The molecule has 0 bridgehead atoms. The largest absolute Gasteiger partial charge is 0.448 e. The Morgan fingerprint density at radius 2 is 2.00 bits per heavy atom. The summed E-state index contributed by atoms with van der Waals surface area (Å²) in [6.07, 6.45) is 1.35. The van der Waals surface area contributed by atoms with Crippen LogP contribution in [0.1, 0.15) is 17.5 Å². The molecule has 1 fully saturated rings. The standard InChI is InChI=1S/C17H21N3O4/c1-19(2)16(23)24-10-9-20-14(21)17(18-15(20)22)8-7-12-5-3-4-6-13(12)11-17/h3-6H,7-11H2,1-2H3,(H,18,22)/t17-/m1/s1. The number of nitrogens with one attached hydrogen (secondary N) is 1. The van der Waals surface area contributed by atoms with Crippen LogP contribution in [-0.4, -0.2) is 60.6 Å². The molecule has 128 valence electrons. The summed E-state index contributed by atoms with van der Waals surface area (Å²) in [6, 6.07) is 7.56. The predicted octanol–water partition coefficient (Wildman–Crippen LogP) is 1.16. The number of carbonyl (C=O) groups excluding carboxylic acids is 3. The molecule has 1 aromatic carbocycles. The van der Waals surface area contributed by atoms with Crippen molar-refractivity contribution in [1.29, 1.82) is 0 Å². The summed E-state index contributed by atoms with van der Waals surface area (Å²) in [4.78, 5) is 38.9. The van der Waals surface area contributed by atoms with E-state index in [1.54, 1.807) is 14.1 Å². The monoisotopic (exact) mass is 331 g/mol. The molecule has 0 radical (unpaired) electrons. The van der Waals surface area contributed by atoms with E-state index in [0.29, 0.717) is 12.8 Å². The lowest BCUT2D eigenvalue weighted by molar-refractivity contribution is -0.132. The number of imide groups is 1. The maximum atomic E-state index is 12.8. The molecule has 0 saturated carbocycles. The summed E-state index contributed by atoms with van der Waals surface area (Å²) in [7, 11) is 3.15. The number of ether oxygens (including phenoxy) is 1. The van der Waals surface area contributed by atoms with E-state index >= 15 is 0 Å². The first-order valence-corrected chi connectivity index (χ1v) is 7.98. The Hall–Kier alpha value is -2.57. The van der Waals surface area contributed by atoms with Gasteiger partial charge in [-0.05, 0) is 24.0 Å². The van der Waals surface area contributed by atoms with Gasteiger partial charge in [0.25, 0.3) is 5.91 Å². The molecule has 0 aromatic heterocycles. The molecule has 1 saturated heterocycles. The molecule has 1 heterocycles. The number of urea groups is 1. The number of aryl methyl sites for hydroxylation is 1. The number of rotatable bonds is 3. The second kappa shape index (κ2) is 6.14. The number of fused-ring (bicyclic) bond motifs is 1. The van der Waals surface area contributed by atoms with Gasteiger partial charge < -0.3 is 15.0 Å². The van der Waals surface area contributed by atoms with Crippen LogP contribution in [0.2, 0.25) is 0 Å². The molecule has 2 aliphatic rings. The molecule has 7 nitrogen and oxygen atoms in total. The number of nitrogens with zero attached hydrogens (tertiary/aromatic N) is 2. The Morgan fingerprint density at radius 1 is 1.29 bits per heavy atom. The third-order valence-corrected chi connectivity index (χ3v) is 4.58. The molecular formula is C17H21N3O4. The van der Waals surface area contributed by atoms with Gasteiger partial charge in [-0.2, -0.15) is 0 Å². The minimum atomic E-state index is -0.864. The fourth-order valence-corrected chi connectivity index (χ4v) is 3.26. The van der Waals surface area contributed by atoms with Crippen molar-refractivity contribution < 1.29 is 19.1 Å². The van der Waals surface area contributed by atoms with Crippen LogP contribution in [0, 0.1) is 0 Å². The van der Waals surface area contributed by atoms with Gasteiger partial charge in [0, 0.05) is 20.5 Å². The van der Waals surface area contributed by atoms with Crippen molar-refractivity contribution >= 4 is 18.0 Å². The molecule has 24 heavy (non-hydrogen) atoms. The molecule has 1 aromatic rings. The molecule has 1 aliphatic carbocycles. The number of benzene rings is 1. The zero-order valence-corrected chi connectivity index (χ0v) is 13.9. The van der Waals surface area contributed by atoms with Gasteiger partial charge in [0.2, 0.25) is 0 Å². The Morgan fingerprint density at radius 3 is 2.71 bits per heavy atom. The van der Waals surface area contributed by atoms with Crippen LogP contribution in [-0.2, 0) is 22.4 Å². The van der Waals surface area contributed by atoms with Crippen LogP contribution < -0.4 is 5.32 Å². The van der Waals surface area contributed by atoms with Gasteiger partial charge in [-0.3, -0.25) is 9.69 Å². The van der Waals surface area contributed by atoms with Crippen LogP contribution in [0.25, 0.3) is 0 Å². The van der Waals surface area contributed by atoms with Crippen LogP contribution in [0.4, 0.5) is 9.59 Å².